The third-order valence-electron chi connectivity index (χ3n) is 4.78. The summed E-state index contributed by atoms with van der Waals surface area (Å²) in [4.78, 5) is 22.2. The van der Waals surface area contributed by atoms with Crippen LogP contribution in [0.5, 0.6) is 0 Å². The fourth-order valence-corrected chi connectivity index (χ4v) is 3.39. The molecule has 1 aromatic carbocycles. The Balaban J connectivity index is 0.00000225. The number of fused-ring (bicyclic) bond motifs is 1. The summed E-state index contributed by atoms with van der Waals surface area (Å²) in [5, 5.41) is 4.64. The van der Waals surface area contributed by atoms with Crippen LogP contribution in [0.25, 0.3) is 10.9 Å². The van der Waals surface area contributed by atoms with Crippen molar-refractivity contribution in [3.8, 4) is 0 Å². The molecule has 28 heavy (non-hydrogen) atoms. The monoisotopic (exact) mass is 489 g/mol. The summed E-state index contributed by atoms with van der Waals surface area (Å²) in [6, 6.07) is 12.2. The number of hydrogen-bond acceptors (Lipinski definition) is 5. The van der Waals surface area contributed by atoms with Crippen LogP contribution < -0.4 is 10.2 Å². The van der Waals surface area contributed by atoms with Crippen LogP contribution in [0, 0.1) is 0 Å². The first-order chi connectivity index (χ1) is 13.3. The Labute approximate surface area is 181 Å². The van der Waals surface area contributed by atoms with Crippen molar-refractivity contribution in [1.82, 2.24) is 25.2 Å². The minimum Gasteiger partial charge on any atom is -0.352 e. The van der Waals surface area contributed by atoms with E-state index in [1.54, 1.807) is 12.4 Å². The summed E-state index contributed by atoms with van der Waals surface area (Å²) in [7, 11) is 1.83. The van der Waals surface area contributed by atoms with Gasteiger partial charge in [0.05, 0.1) is 5.52 Å². The van der Waals surface area contributed by atoms with Crippen molar-refractivity contribution in [2.45, 2.75) is 6.54 Å². The minimum absolute atomic E-state index is 0. The highest BCUT2D eigenvalue weighted by Gasteiger charge is 2.21. The summed E-state index contributed by atoms with van der Waals surface area (Å²) in [5.74, 6) is 1.71. The molecule has 0 radical (unpaired) electrons. The van der Waals surface area contributed by atoms with Gasteiger partial charge in [0.15, 0.2) is 5.96 Å². The Bertz CT molecular complexity index is 919. The molecule has 7 nitrogen and oxygen atoms in total. The second kappa shape index (κ2) is 9.63. The Morgan fingerprint density at radius 1 is 0.964 bits per heavy atom. The van der Waals surface area contributed by atoms with E-state index < -0.39 is 0 Å². The number of para-hydroxylation sites is 1. The first kappa shape index (κ1) is 20.2. The van der Waals surface area contributed by atoms with Gasteiger partial charge in [-0.25, -0.2) is 9.97 Å². The molecule has 1 N–H and O–H groups in total. The van der Waals surface area contributed by atoms with Crippen molar-refractivity contribution in [2.75, 3.05) is 38.1 Å². The van der Waals surface area contributed by atoms with Gasteiger partial charge in [0.2, 0.25) is 5.95 Å². The molecule has 4 rings (SSSR count). The molecule has 3 aromatic rings. The summed E-state index contributed by atoms with van der Waals surface area (Å²) in [5.41, 5.74) is 2.21. The number of pyridine rings is 1. The first-order valence-electron chi connectivity index (χ1n) is 9.15. The van der Waals surface area contributed by atoms with E-state index in [1.807, 2.05) is 25.4 Å². The molecule has 1 saturated heterocycles. The van der Waals surface area contributed by atoms with E-state index in [9.17, 15) is 0 Å². The van der Waals surface area contributed by atoms with Crippen molar-refractivity contribution in [1.29, 1.82) is 0 Å². The zero-order valence-electron chi connectivity index (χ0n) is 15.8. The minimum atomic E-state index is 0. The molecule has 0 atom stereocenters. The molecule has 3 heterocycles. The Morgan fingerprint density at radius 2 is 1.68 bits per heavy atom. The lowest BCUT2D eigenvalue weighted by Crippen LogP contribution is -2.52. The molecular formula is C20H24IN7. The third-order valence-corrected chi connectivity index (χ3v) is 4.78. The lowest BCUT2D eigenvalue weighted by atomic mass is 10.1. The Hall–Kier alpha value is -2.49. The van der Waals surface area contributed by atoms with Gasteiger partial charge in [0, 0.05) is 63.7 Å². The SMILES string of the molecule is CN=C(NCc1cccc2cccnc12)N1CCN(c2ncccn2)CC1.I. The third kappa shape index (κ3) is 4.49. The number of aromatic nitrogens is 3. The van der Waals surface area contributed by atoms with Gasteiger partial charge in [0.25, 0.3) is 0 Å². The topological polar surface area (TPSA) is 69.5 Å². The highest BCUT2D eigenvalue weighted by molar-refractivity contribution is 14.0. The van der Waals surface area contributed by atoms with Crippen LogP contribution in [0.1, 0.15) is 5.56 Å². The van der Waals surface area contributed by atoms with Gasteiger partial charge in [-0.05, 0) is 17.7 Å². The van der Waals surface area contributed by atoms with Crippen LogP contribution in [-0.4, -0.2) is 59.0 Å². The van der Waals surface area contributed by atoms with E-state index in [4.69, 9.17) is 0 Å². The van der Waals surface area contributed by atoms with E-state index in [2.05, 4.69) is 59.3 Å². The predicted molar refractivity (Wildman–Crippen MR) is 123 cm³/mol. The molecule has 0 aliphatic carbocycles. The number of piperazine rings is 1. The van der Waals surface area contributed by atoms with Crippen molar-refractivity contribution in [2.24, 2.45) is 4.99 Å². The number of benzene rings is 1. The number of anilines is 1. The Kier molecular flexibility index (Phi) is 6.96. The molecule has 1 aliphatic heterocycles. The molecule has 0 unspecified atom stereocenters. The van der Waals surface area contributed by atoms with Crippen molar-refractivity contribution >= 4 is 46.8 Å². The predicted octanol–water partition coefficient (Wildman–Crippen LogP) is 2.54. The van der Waals surface area contributed by atoms with E-state index >= 15 is 0 Å². The van der Waals surface area contributed by atoms with E-state index in [0.717, 1.165) is 49.0 Å². The molecule has 0 amide bonds. The van der Waals surface area contributed by atoms with Crippen LogP contribution >= 0.6 is 24.0 Å². The maximum Gasteiger partial charge on any atom is 0.225 e. The van der Waals surface area contributed by atoms with Crippen molar-refractivity contribution in [3.63, 3.8) is 0 Å². The van der Waals surface area contributed by atoms with Gasteiger partial charge in [0.1, 0.15) is 0 Å². The standard InChI is InChI=1S/C20H23N7.HI/c1-21-19(25-15-17-6-2-5-16-7-3-8-22-18(16)17)26-11-13-27(14-12-26)20-23-9-4-10-24-20;/h2-10H,11-15H2,1H3,(H,21,25);1H. The molecule has 0 bridgehead atoms. The maximum absolute atomic E-state index is 4.53. The van der Waals surface area contributed by atoms with Crippen molar-refractivity contribution in [3.05, 3.63) is 60.6 Å². The van der Waals surface area contributed by atoms with Crippen LogP contribution in [-0.2, 0) is 6.54 Å². The molecule has 0 saturated carbocycles. The molecule has 1 fully saturated rings. The molecule has 1 aliphatic rings. The quantitative estimate of drug-likeness (QED) is 0.347. The van der Waals surface area contributed by atoms with Crippen molar-refractivity contribution < 1.29 is 0 Å². The molecule has 0 spiro atoms. The fourth-order valence-electron chi connectivity index (χ4n) is 3.39. The molecule has 8 heteroatoms. The second-order valence-corrected chi connectivity index (χ2v) is 6.42. The lowest BCUT2D eigenvalue weighted by molar-refractivity contribution is 0.370. The van der Waals surface area contributed by atoms with Crippen LogP contribution in [0.3, 0.4) is 0 Å². The van der Waals surface area contributed by atoms with E-state index in [-0.39, 0.29) is 24.0 Å². The number of halogens is 1. The van der Waals surface area contributed by atoms with Gasteiger partial charge >= 0.3 is 0 Å². The number of nitrogens with zero attached hydrogens (tertiary/aromatic N) is 6. The van der Waals surface area contributed by atoms with Gasteiger partial charge in [-0.3, -0.25) is 9.98 Å². The first-order valence-corrected chi connectivity index (χ1v) is 9.15. The van der Waals surface area contributed by atoms with E-state index in [1.165, 1.54) is 5.56 Å². The highest BCUT2D eigenvalue weighted by Crippen LogP contribution is 2.16. The number of guanidine groups is 1. The summed E-state index contributed by atoms with van der Waals surface area (Å²) < 4.78 is 0. The average Bonchev–Trinajstić information content (AvgIpc) is 2.75. The second-order valence-electron chi connectivity index (χ2n) is 6.42. The summed E-state index contributed by atoms with van der Waals surface area (Å²) >= 11 is 0. The largest absolute Gasteiger partial charge is 0.352 e. The van der Waals surface area contributed by atoms with Gasteiger partial charge < -0.3 is 15.1 Å². The Morgan fingerprint density at radius 3 is 2.43 bits per heavy atom. The normalized spacial score (nSPS) is 14.7. The maximum atomic E-state index is 4.53. The highest BCUT2D eigenvalue weighted by atomic mass is 127. The van der Waals surface area contributed by atoms with Gasteiger partial charge in [-0.1, -0.05) is 24.3 Å². The van der Waals surface area contributed by atoms with Crippen LogP contribution in [0.2, 0.25) is 0 Å². The lowest BCUT2D eigenvalue weighted by Gasteiger charge is -2.36. The number of nitrogens with one attached hydrogen (secondary N) is 1. The smallest absolute Gasteiger partial charge is 0.225 e. The fraction of sp³-hybridized carbons (Fsp3) is 0.300. The van der Waals surface area contributed by atoms with Crippen LogP contribution in [0.4, 0.5) is 5.95 Å². The number of rotatable bonds is 3. The zero-order valence-corrected chi connectivity index (χ0v) is 18.2. The molecular weight excluding hydrogens is 465 g/mol. The number of aliphatic imine (C=N–C) groups is 1. The molecule has 146 valence electrons. The average molecular weight is 489 g/mol. The zero-order chi connectivity index (χ0) is 18.5. The molecule has 2 aromatic heterocycles. The van der Waals surface area contributed by atoms with Crippen LogP contribution in [0.15, 0.2) is 60.0 Å². The van der Waals surface area contributed by atoms with E-state index in [0.29, 0.717) is 6.54 Å². The van der Waals surface area contributed by atoms with Gasteiger partial charge in [-0.2, -0.15) is 0 Å². The number of hydrogen-bond donors (Lipinski definition) is 1. The summed E-state index contributed by atoms with van der Waals surface area (Å²) in [6.07, 6.45) is 5.41. The van der Waals surface area contributed by atoms with Gasteiger partial charge in [-0.15, -0.1) is 24.0 Å². The summed E-state index contributed by atoms with van der Waals surface area (Å²) in [6.45, 7) is 4.21.